The molecule has 0 unspecified atom stereocenters. The smallest absolute Gasteiger partial charge is 0.354 e. The Bertz CT molecular complexity index is 1150. The number of carbonyl (C=O) groups is 3. The van der Waals surface area contributed by atoms with Crippen LogP contribution in [0.3, 0.4) is 0 Å². The third kappa shape index (κ3) is 4.71. The van der Waals surface area contributed by atoms with E-state index in [1.165, 1.54) is 12.0 Å². The van der Waals surface area contributed by atoms with Gasteiger partial charge in [0.1, 0.15) is 17.5 Å². The fraction of sp³-hybridized carbons (Fsp3) is 0.440. The summed E-state index contributed by atoms with van der Waals surface area (Å²) in [5.41, 5.74) is 1.85. The van der Waals surface area contributed by atoms with Gasteiger partial charge in [-0.25, -0.2) is 4.79 Å². The molecule has 0 radical (unpaired) electrons. The van der Waals surface area contributed by atoms with Crippen LogP contribution >= 0.6 is 0 Å². The number of aliphatic hydroxyl groups is 1. The van der Waals surface area contributed by atoms with Crippen molar-refractivity contribution in [1.82, 2.24) is 19.8 Å². The Kier molecular flexibility index (Phi) is 7.32. The summed E-state index contributed by atoms with van der Waals surface area (Å²) in [5.74, 6) is -2.38. The molecule has 4 rings (SSSR count). The second kappa shape index (κ2) is 10.4. The lowest BCUT2D eigenvalue weighted by molar-refractivity contribution is -0.140. The third-order valence-corrected chi connectivity index (χ3v) is 6.55. The van der Waals surface area contributed by atoms with Gasteiger partial charge in [-0.1, -0.05) is 6.07 Å². The van der Waals surface area contributed by atoms with Crippen LogP contribution in [0.5, 0.6) is 0 Å². The van der Waals surface area contributed by atoms with Crippen LogP contribution in [0.15, 0.2) is 30.0 Å². The summed E-state index contributed by atoms with van der Waals surface area (Å²) in [7, 11) is 1.26. The highest BCUT2D eigenvalue weighted by Crippen LogP contribution is 2.40. The molecular weight excluding hydrogens is 452 g/mol. The van der Waals surface area contributed by atoms with Gasteiger partial charge >= 0.3 is 5.97 Å². The Morgan fingerprint density at radius 3 is 2.63 bits per heavy atom. The standard InChI is InChI=1S/C25H30N4O6/c1-15-18(16(2)27-20(15)25(33)34-3)22(30)19-21(17-7-4-5-8-26-17)29(24(32)23(19)31)10-6-9-28-11-13-35-14-12-28/h4-5,7-8,21,27,30H,6,9-14H2,1-3H3/t21-/m1/s1. The average Bonchev–Trinajstić information content (AvgIpc) is 3.31. The molecule has 2 saturated heterocycles. The summed E-state index contributed by atoms with van der Waals surface area (Å²) in [5, 5.41) is 11.4. The maximum absolute atomic E-state index is 13.2. The summed E-state index contributed by atoms with van der Waals surface area (Å²) in [6.07, 6.45) is 2.25. The first-order valence-electron chi connectivity index (χ1n) is 11.6. The number of nitrogens with zero attached hydrogens (tertiary/aromatic N) is 3. The fourth-order valence-electron chi connectivity index (χ4n) is 4.79. The summed E-state index contributed by atoms with van der Waals surface area (Å²) >= 11 is 0. The Morgan fingerprint density at radius 2 is 1.97 bits per heavy atom. The number of nitrogens with one attached hydrogen (secondary N) is 1. The van der Waals surface area contributed by atoms with Crippen LogP contribution in [-0.2, 0) is 19.1 Å². The number of H-pyrrole nitrogens is 1. The number of Topliss-reactive ketones (excluding diaryl/α,β-unsaturated/α-hetero) is 1. The van der Waals surface area contributed by atoms with E-state index in [1.54, 1.807) is 38.2 Å². The van der Waals surface area contributed by atoms with Gasteiger partial charge in [0.2, 0.25) is 0 Å². The molecule has 2 aliphatic heterocycles. The maximum Gasteiger partial charge on any atom is 0.354 e. The number of hydrogen-bond donors (Lipinski definition) is 2. The minimum Gasteiger partial charge on any atom is -0.507 e. The second-order valence-corrected chi connectivity index (χ2v) is 8.67. The number of morpholine rings is 1. The maximum atomic E-state index is 13.2. The summed E-state index contributed by atoms with van der Waals surface area (Å²) in [6.45, 7) is 7.46. The van der Waals surface area contributed by atoms with Crippen LogP contribution in [0.2, 0.25) is 0 Å². The van der Waals surface area contributed by atoms with Crippen molar-refractivity contribution in [2.24, 2.45) is 0 Å². The average molecular weight is 483 g/mol. The van der Waals surface area contributed by atoms with Gasteiger partial charge in [-0.2, -0.15) is 0 Å². The number of carbonyl (C=O) groups excluding carboxylic acids is 3. The first kappa shape index (κ1) is 24.6. The molecule has 0 spiro atoms. The number of amides is 1. The molecule has 2 N–H and O–H groups in total. The molecule has 186 valence electrons. The van der Waals surface area contributed by atoms with E-state index in [0.717, 1.165) is 19.6 Å². The van der Waals surface area contributed by atoms with Crippen molar-refractivity contribution in [2.75, 3.05) is 46.5 Å². The van der Waals surface area contributed by atoms with Gasteiger partial charge in [0, 0.05) is 43.6 Å². The van der Waals surface area contributed by atoms with Crippen molar-refractivity contribution in [3.63, 3.8) is 0 Å². The molecule has 2 aromatic rings. The van der Waals surface area contributed by atoms with E-state index in [2.05, 4.69) is 14.9 Å². The monoisotopic (exact) mass is 482 g/mol. The Balaban J connectivity index is 1.72. The molecule has 2 aromatic heterocycles. The number of hydrogen-bond acceptors (Lipinski definition) is 8. The zero-order valence-corrected chi connectivity index (χ0v) is 20.2. The fourth-order valence-corrected chi connectivity index (χ4v) is 4.79. The van der Waals surface area contributed by atoms with E-state index in [1.807, 2.05) is 0 Å². The van der Waals surface area contributed by atoms with E-state index in [4.69, 9.17) is 9.47 Å². The van der Waals surface area contributed by atoms with Gasteiger partial charge in [-0.3, -0.25) is 19.5 Å². The minimum absolute atomic E-state index is 0.0401. The van der Waals surface area contributed by atoms with Gasteiger partial charge in [-0.15, -0.1) is 0 Å². The number of ether oxygens (including phenoxy) is 2. The highest BCUT2D eigenvalue weighted by Gasteiger charge is 2.47. The van der Waals surface area contributed by atoms with Crippen molar-refractivity contribution in [1.29, 1.82) is 0 Å². The van der Waals surface area contributed by atoms with Gasteiger partial charge < -0.3 is 24.5 Å². The van der Waals surface area contributed by atoms with Crippen molar-refractivity contribution >= 4 is 23.4 Å². The number of pyridine rings is 1. The van der Waals surface area contributed by atoms with Crippen molar-refractivity contribution in [2.45, 2.75) is 26.3 Å². The number of aryl methyl sites for hydroxylation is 1. The molecule has 1 atom stereocenters. The lowest BCUT2D eigenvalue weighted by Gasteiger charge is -2.28. The van der Waals surface area contributed by atoms with E-state index in [-0.39, 0.29) is 17.0 Å². The van der Waals surface area contributed by atoms with E-state index in [0.29, 0.717) is 48.7 Å². The number of likely N-dealkylation sites (tertiary alicyclic amines) is 1. The SMILES string of the molecule is COC(=O)c1[nH]c(C)c(C(O)=C2C(=O)C(=O)N(CCCN3CCOCC3)[C@@H]2c2ccccn2)c1C. The Labute approximate surface area is 203 Å². The van der Waals surface area contributed by atoms with Crippen molar-refractivity contribution in [3.8, 4) is 0 Å². The lowest BCUT2D eigenvalue weighted by atomic mass is 9.96. The minimum atomic E-state index is -0.837. The zero-order valence-electron chi connectivity index (χ0n) is 20.2. The zero-order chi connectivity index (χ0) is 25.1. The molecule has 0 saturated carbocycles. The van der Waals surface area contributed by atoms with Crippen LogP contribution in [0, 0.1) is 13.8 Å². The van der Waals surface area contributed by atoms with Crippen LogP contribution in [-0.4, -0.2) is 89.0 Å². The molecule has 35 heavy (non-hydrogen) atoms. The van der Waals surface area contributed by atoms with Crippen molar-refractivity contribution in [3.05, 3.63) is 58.2 Å². The van der Waals surface area contributed by atoms with E-state index < -0.39 is 23.7 Å². The number of rotatable bonds is 7. The molecule has 4 heterocycles. The first-order valence-corrected chi connectivity index (χ1v) is 11.6. The molecule has 0 aliphatic carbocycles. The number of esters is 1. The summed E-state index contributed by atoms with van der Waals surface area (Å²) in [4.78, 5) is 49.6. The molecule has 2 fully saturated rings. The Morgan fingerprint density at radius 1 is 1.23 bits per heavy atom. The lowest BCUT2D eigenvalue weighted by Crippen LogP contribution is -2.39. The van der Waals surface area contributed by atoms with Gasteiger partial charge in [0.05, 0.1) is 31.6 Å². The predicted molar refractivity (Wildman–Crippen MR) is 127 cm³/mol. The Hall–Kier alpha value is -3.50. The normalized spacial score (nSPS) is 20.4. The molecule has 0 bridgehead atoms. The van der Waals surface area contributed by atoms with Crippen molar-refractivity contribution < 1.29 is 29.0 Å². The predicted octanol–water partition coefficient (Wildman–Crippen LogP) is 1.96. The van der Waals surface area contributed by atoms with Crippen LogP contribution in [0.25, 0.3) is 5.76 Å². The number of aromatic nitrogens is 2. The molecular formula is C25H30N4O6. The first-order chi connectivity index (χ1) is 16.8. The van der Waals surface area contributed by atoms with Crippen LogP contribution in [0.1, 0.15) is 45.5 Å². The highest BCUT2D eigenvalue weighted by atomic mass is 16.5. The molecule has 10 nitrogen and oxygen atoms in total. The number of aliphatic hydroxyl groups excluding tert-OH is 1. The highest BCUT2D eigenvalue weighted by molar-refractivity contribution is 6.46. The number of aromatic amines is 1. The van der Waals surface area contributed by atoms with Crippen LogP contribution in [0.4, 0.5) is 0 Å². The second-order valence-electron chi connectivity index (χ2n) is 8.67. The largest absolute Gasteiger partial charge is 0.507 e. The third-order valence-electron chi connectivity index (χ3n) is 6.55. The number of methoxy groups -OCH3 is 1. The molecule has 10 heteroatoms. The van der Waals surface area contributed by atoms with Gasteiger partial charge in [0.25, 0.3) is 11.7 Å². The van der Waals surface area contributed by atoms with Crippen LogP contribution < -0.4 is 0 Å². The molecule has 1 amide bonds. The quantitative estimate of drug-likeness (QED) is 0.266. The van der Waals surface area contributed by atoms with Gasteiger partial charge in [0.15, 0.2) is 0 Å². The topological polar surface area (TPSA) is 125 Å². The molecule has 2 aliphatic rings. The number of ketones is 1. The van der Waals surface area contributed by atoms with E-state index >= 15 is 0 Å². The van der Waals surface area contributed by atoms with E-state index in [9.17, 15) is 19.5 Å². The molecule has 0 aromatic carbocycles. The summed E-state index contributed by atoms with van der Waals surface area (Å²) < 4.78 is 10.2. The summed E-state index contributed by atoms with van der Waals surface area (Å²) in [6, 6.07) is 4.42. The van der Waals surface area contributed by atoms with Gasteiger partial charge in [-0.05, 0) is 38.0 Å².